The highest BCUT2D eigenvalue weighted by Crippen LogP contribution is 2.34. The highest BCUT2D eigenvalue weighted by Gasteiger charge is 2.46. The van der Waals surface area contributed by atoms with Gasteiger partial charge in [0.05, 0.1) is 5.41 Å². The number of urea groups is 1. The van der Waals surface area contributed by atoms with E-state index in [1.165, 1.54) is 0 Å². The van der Waals surface area contributed by atoms with Gasteiger partial charge < -0.3 is 16.0 Å². The van der Waals surface area contributed by atoms with Gasteiger partial charge in [-0.15, -0.1) is 0 Å². The minimum atomic E-state index is -0.813. The summed E-state index contributed by atoms with van der Waals surface area (Å²) in [6.45, 7) is 1.19. The number of benzene rings is 1. The third-order valence-electron chi connectivity index (χ3n) is 4.52. The minimum Gasteiger partial charge on any atom is -0.369 e. The molecule has 6 nitrogen and oxygen atoms in total. The third-order valence-corrected chi connectivity index (χ3v) is 4.52. The van der Waals surface area contributed by atoms with Crippen LogP contribution in [0, 0.1) is 0 Å². The van der Waals surface area contributed by atoms with Crippen molar-refractivity contribution in [3.05, 3.63) is 66.0 Å². The van der Waals surface area contributed by atoms with Gasteiger partial charge in [0.25, 0.3) is 0 Å². The van der Waals surface area contributed by atoms with Crippen LogP contribution in [0.1, 0.15) is 17.5 Å². The number of nitrogens with two attached hydrogens (primary N) is 1. The number of nitrogens with zero attached hydrogens (tertiary/aromatic N) is 2. The fourth-order valence-corrected chi connectivity index (χ4v) is 3.11. The fraction of sp³-hybridized carbons (Fsp3) is 0.278. The fourth-order valence-electron chi connectivity index (χ4n) is 3.11. The van der Waals surface area contributed by atoms with Crippen molar-refractivity contribution in [2.45, 2.75) is 18.4 Å². The summed E-state index contributed by atoms with van der Waals surface area (Å²) in [5, 5.41) is 2.86. The average molecular weight is 324 g/mol. The molecule has 1 unspecified atom stereocenters. The molecule has 3 amide bonds. The first-order valence-corrected chi connectivity index (χ1v) is 7.89. The zero-order chi connectivity index (χ0) is 17.0. The summed E-state index contributed by atoms with van der Waals surface area (Å²) in [4.78, 5) is 30.2. The lowest BCUT2D eigenvalue weighted by atomic mass is 9.79. The van der Waals surface area contributed by atoms with E-state index in [-0.39, 0.29) is 6.03 Å². The van der Waals surface area contributed by atoms with Crippen molar-refractivity contribution in [3.63, 3.8) is 0 Å². The van der Waals surface area contributed by atoms with Gasteiger partial charge >= 0.3 is 6.03 Å². The molecule has 0 aliphatic carbocycles. The Morgan fingerprint density at radius 3 is 2.67 bits per heavy atom. The third kappa shape index (κ3) is 3.08. The first-order chi connectivity index (χ1) is 11.6. The van der Waals surface area contributed by atoms with E-state index in [9.17, 15) is 9.59 Å². The summed E-state index contributed by atoms with van der Waals surface area (Å²) in [5.74, 6) is -0.392. The second-order valence-corrected chi connectivity index (χ2v) is 6.00. The molecule has 3 rings (SSSR count). The summed E-state index contributed by atoms with van der Waals surface area (Å²) in [6.07, 6.45) is 3.93. The monoisotopic (exact) mass is 324 g/mol. The van der Waals surface area contributed by atoms with Crippen molar-refractivity contribution in [2.24, 2.45) is 5.73 Å². The first kappa shape index (κ1) is 16.0. The van der Waals surface area contributed by atoms with Crippen LogP contribution in [0.4, 0.5) is 4.79 Å². The van der Waals surface area contributed by atoms with E-state index < -0.39 is 11.3 Å². The van der Waals surface area contributed by atoms with Gasteiger partial charge in [0, 0.05) is 32.0 Å². The molecule has 2 heterocycles. The largest absolute Gasteiger partial charge is 0.369 e. The molecule has 1 aliphatic heterocycles. The van der Waals surface area contributed by atoms with Gasteiger partial charge in [-0.3, -0.25) is 9.78 Å². The maximum Gasteiger partial charge on any atom is 0.317 e. The first-order valence-electron chi connectivity index (χ1n) is 7.89. The van der Waals surface area contributed by atoms with Gasteiger partial charge in [0.15, 0.2) is 0 Å². The van der Waals surface area contributed by atoms with Crippen LogP contribution >= 0.6 is 0 Å². The van der Waals surface area contributed by atoms with Crippen LogP contribution in [0.3, 0.4) is 0 Å². The Kier molecular flexibility index (Phi) is 4.46. The van der Waals surface area contributed by atoms with E-state index >= 15 is 0 Å². The molecule has 6 heteroatoms. The van der Waals surface area contributed by atoms with Crippen LogP contribution < -0.4 is 11.1 Å². The van der Waals surface area contributed by atoms with E-state index in [0.717, 1.165) is 11.1 Å². The quantitative estimate of drug-likeness (QED) is 0.891. The van der Waals surface area contributed by atoms with E-state index in [1.807, 2.05) is 42.5 Å². The summed E-state index contributed by atoms with van der Waals surface area (Å²) in [6, 6.07) is 13.0. The number of hydrogen-bond acceptors (Lipinski definition) is 3. The molecule has 1 saturated heterocycles. The number of likely N-dealkylation sites (tertiary alicyclic amines) is 1. The molecule has 124 valence electrons. The van der Waals surface area contributed by atoms with Gasteiger partial charge in [0.2, 0.25) is 5.91 Å². The SMILES string of the molecule is NC(=O)C1(c2ccccc2)CCN(C(=O)NCc2cccnc2)C1. The molecule has 0 radical (unpaired) electrons. The molecule has 1 aromatic heterocycles. The number of amides is 3. The average Bonchev–Trinajstić information content (AvgIpc) is 3.08. The van der Waals surface area contributed by atoms with Crippen LogP contribution in [0.2, 0.25) is 0 Å². The maximum atomic E-state index is 12.4. The number of carbonyl (C=O) groups excluding carboxylic acids is 2. The Balaban J connectivity index is 1.69. The zero-order valence-electron chi connectivity index (χ0n) is 13.3. The molecule has 0 spiro atoms. The second-order valence-electron chi connectivity index (χ2n) is 6.00. The summed E-state index contributed by atoms with van der Waals surface area (Å²) >= 11 is 0. The van der Waals surface area contributed by atoms with Gasteiger partial charge in [-0.2, -0.15) is 0 Å². The van der Waals surface area contributed by atoms with Crippen LogP contribution in [0.5, 0.6) is 0 Å². The van der Waals surface area contributed by atoms with Crippen LogP contribution in [0.15, 0.2) is 54.9 Å². The highest BCUT2D eigenvalue weighted by molar-refractivity contribution is 5.89. The van der Waals surface area contributed by atoms with Crippen molar-refractivity contribution >= 4 is 11.9 Å². The predicted octanol–water partition coefficient (Wildman–Crippen LogP) is 1.42. The van der Waals surface area contributed by atoms with Crippen LogP contribution in [-0.4, -0.2) is 34.9 Å². The highest BCUT2D eigenvalue weighted by atomic mass is 16.2. The molecule has 1 atom stereocenters. The van der Waals surface area contributed by atoms with Crippen LogP contribution in [0.25, 0.3) is 0 Å². The molecular weight excluding hydrogens is 304 g/mol. The molecule has 1 fully saturated rings. The molecule has 1 aromatic carbocycles. The zero-order valence-corrected chi connectivity index (χ0v) is 13.3. The molecule has 0 saturated carbocycles. The Labute approximate surface area is 140 Å². The Hall–Kier alpha value is -2.89. The molecule has 1 aliphatic rings. The molecule has 3 N–H and O–H groups in total. The number of rotatable bonds is 4. The predicted molar refractivity (Wildman–Crippen MR) is 90.0 cm³/mol. The van der Waals surface area contributed by atoms with Crippen molar-refractivity contribution in [1.29, 1.82) is 0 Å². The maximum absolute atomic E-state index is 12.4. The second kappa shape index (κ2) is 6.70. The number of carbonyl (C=O) groups is 2. The number of nitrogens with one attached hydrogen (secondary N) is 1. The van der Waals surface area contributed by atoms with Crippen molar-refractivity contribution in [3.8, 4) is 0 Å². The Bertz CT molecular complexity index is 720. The Morgan fingerprint density at radius 1 is 1.21 bits per heavy atom. The smallest absolute Gasteiger partial charge is 0.317 e. The Morgan fingerprint density at radius 2 is 2.00 bits per heavy atom. The number of pyridine rings is 1. The molecule has 0 bridgehead atoms. The number of primary amides is 1. The van der Waals surface area contributed by atoms with Crippen LogP contribution in [-0.2, 0) is 16.8 Å². The van der Waals surface area contributed by atoms with Gasteiger partial charge in [-0.1, -0.05) is 36.4 Å². The van der Waals surface area contributed by atoms with Crippen molar-refractivity contribution in [2.75, 3.05) is 13.1 Å². The lowest BCUT2D eigenvalue weighted by Gasteiger charge is -2.26. The number of hydrogen-bond donors (Lipinski definition) is 2. The van der Waals surface area contributed by atoms with E-state index in [2.05, 4.69) is 10.3 Å². The standard InChI is InChI=1S/C18H20N4O2/c19-16(23)18(15-6-2-1-3-7-15)8-10-22(13-18)17(24)21-12-14-5-4-9-20-11-14/h1-7,9,11H,8,10,12-13H2,(H2,19,23)(H,21,24). The normalized spacial score (nSPS) is 19.9. The summed E-state index contributed by atoms with van der Waals surface area (Å²) in [7, 11) is 0. The summed E-state index contributed by atoms with van der Waals surface area (Å²) in [5.41, 5.74) is 6.66. The molecular formula is C18H20N4O2. The van der Waals surface area contributed by atoms with E-state index in [1.54, 1.807) is 17.3 Å². The van der Waals surface area contributed by atoms with Gasteiger partial charge in [-0.05, 0) is 23.6 Å². The molecule has 24 heavy (non-hydrogen) atoms. The lowest BCUT2D eigenvalue weighted by molar-refractivity contribution is -0.123. The van der Waals surface area contributed by atoms with E-state index in [0.29, 0.717) is 26.1 Å². The topological polar surface area (TPSA) is 88.3 Å². The number of aromatic nitrogens is 1. The van der Waals surface area contributed by atoms with Gasteiger partial charge in [-0.25, -0.2) is 4.79 Å². The lowest BCUT2D eigenvalue weighted by Crippen LogP contribution is -2.46. The van der Waals surface area contributed by atoms with E-state index in [4.69, 9.17) is 5.73 Å². The summed E-state index contributed by atoms with van der Waals surface area (Å²) < 4.78 is 0. The van der Waals surface area contributed by atoms with Crippen molar-refractivity contribution in [1.82, 2.24) is 15.2 Å². The van der Waals surface area contributed by atoms with Crippen molar-refractivity contribution < 1.29 is 9.59 Å². The van der Waals surface area contributed by atoms with Gasteiger partial charge in [0.1, 0.15) is 0 Å². The minimum absolute atomic E-state index is 0.196. The molecule has 2 aromatic rings.